The van der Waals surface area contributed by atoms with Crippen LogP contribution in [0.4, 0.5) is 18.9 Å². The predicted molar refractivity (Wildman–Crippen MR) is 129 cm³/mol. The number of halogens is 4. The van der Waals surface area contributed by atoms with Crippen LogP contribution in [0, 0.1) is 0 Å². The number of alkyl halides is 3. The zero-order valence-electron chi connectivity index (χ0n) is 20.5. The van der Waals surface area contributed by atoms with Crippen molar-refractivity contribution in [3.05, 3.63) is 40.2 Å². The van der Waals surface area contributed by atoms with Gasteiger partial charge >= 0.3 is 6.18 Å². The van der Waals surface area contributed by atoms with Gasteiger partial charge in [0, 0.05) is 44.4 Å². The summed E-state index contributed by atoms with van der Waals surface area (Å²) in [5.41, 5.74) is 0.396. The Morgan fingerprint density at radius 3 is 2.69 bits per heavy atom. The fraction of sp³-hybridized carbons (Fsp3) is 0.565. The van der Waals surface area contributed by atoms with Crippen molar-refractivity contribution in [1.82, 2.24) is 24.5 Å². The highest BCUT2D eigenvalue weighted by Gasteiger charge is 2.39. The van der Waals surface area contributed by atoms with E-state index in [1.807, 2.05) is 37.2 Å². The normalized spacial score (nSPS) is 14.4. The fourth-order valence-electron chi connectivity index (χ4n) is 3.89. The first-order valence-corrected chi connectivity index (χ1v) is 11.8. The molecular formula is C23H32ClF3N6O2. The third-order valence-corrected chi connectivity index (χ3v) is 6.35. The van der Waals surface area contributed by atoms with Crippen LogP contribution >= 0.6 is 11.6 Å². The molecule has 1 aliphatic heterocycles. The first-order chi connectivity index (χ1) is 16.5. The van der Waals surface area contributed by atoms with Crippen LogP contribution in [0.3, 0.4) is 0 Å². The van der Waals surface area contributed by atoms with Crippen molar-refractivity contribution >= 4 is 23.2 Å². The number of carbonyl (C=O) groups is 1. The highest BCUT2D eigenvalue weighted by molar-refractivity contribution is 6.30. The number of nitrogens with one attached hydrogen (secondary N) is 1. The van der Waals surface area contributed by atoms with Crippen LogP contribution in [0.25, 0.3) is 0 Å². The summed E-state index contributed by atoms with van der Waals surface area (Å²) in [6, 6.07) is 5.71. The smallest absolute Gasteiger partial charge is 0.435 e. The molecule has 0 radical (unpaired) electrons. The van der Waals surface area contributed by atoms with Gasteiger partial charge in [-0.2, -0.15) is 18.3 Å². The first kappa shape index (κ1) is 27.1. The SMILES string of the molecule is CCN1CCOc2c(cccc2NCC(=O)N(CCN(C)C)Cc2c(C(F)(F)F)nn(C)c2Cl)C1. The molecule has 2 heterocycles. The minimum atomic E-state index is -4.68. The molecule has 0 fully saturated rings. The Labute approximate surface area is 208 Å². The van der Waals surface area contributed by atoms with Gasteiger partial charge in [0.1, 0.15) is 17.5 Å². The van der Waals surface area contributed by atoms with Crippen molar-refractivity contribution in [2.24, 2.45) is 7.05 Å². The summed E-state index contributed by atoms with van der Waals surface area (Å²) in [5, 5.41) is 6.51. The maximum Gasteiger partial charge on any atom is 0.435 e. The third kappa shape index (κ3) is 6.80. The van der Waals surface area contributed by atoms with Gasteiger partial charge < -0.3 is 19.9 Å². The van der Waals surface area contributed by atoms with E-state index in [2.05, 4.69) is 22.2 Å². The van der Waals surface area contributed by atoms with Crippen LogP contribution in [0.5, 0.6) is 5.75 Å². The molecule has 2 aromatic rings. The molecule has 1 amide bonds. The molecule has 0 aliphatic carbocycles. The second-order valence-corrected chi connectivity index (χ2v) is 9.08. The highest BCUT2D eigenvalue weighted by atomic mass is 35.5. The highest BCUT2D eigenvalue weighted by Crippen LogP contribution is 2.35. The van der Waals surface area contributed by atoms with Crippen LogP contribution in [-0.4, -0.2) is 83.8 Å². The van der Waals surface area contributed by atoms with Crippen molar-refractivity contribution in [3.8, 4) is 5.75 Å². The van der Waals surface area contributed by atoms with Crippen molar-refractivity contribution in [3.63, 3.8) is 0 Å². The van der Waals surface area contributed by atoms with E-state index in [4.69, 9.17) is 16.3 Å². The molecule has 0 saturated carbocycles. The largest absolute Gasteiger partial charge is 0.490 e. The second kappa shape index (κ2) is 11.5. The van der Waals surface area contributed by atoms with Gasteiger partial charge in [-0.1, -0.05) is 30.7 Å². The monoisotopic (exact) mass is 516 g/mol. The lowest BCUT2D eigenvalue weighted by Gasteiger charge is -2.25. The van der Waals surface area contributed by atoms with Crippen LogP contribution in [0.15, 0.2) is 18.2 Å². The second-order valence-electron chi connectivity index (χ2n) is 8.72. The van der Waals surface area contributed by atoms with Crippen LogP contribution < -0.4 is 10.1 Å². The molecule has 1 aromatic heterocycles. The number of carbonyl (C=O) groups excluding carboxylic acids is 1. The number of benzene rings is 1. The third-order valence-electron chi connectivity index (χ3n) is 5.88. The summed E-state index contributed by atoms with van der Waals surface area (Å²) >= 11 is 6.14. The molecule has 194 valence electrons. The van der Waals surface area contributed by atoms with E-state index >= 15 is 0 Å². The van der Waals surface area contributed by atoms with E-state index in [-0.39, 0.29) is 36.3 Å². The van der Waals surface area contributed by atoms with E-state index in [1.54, 1.807) is 0 Å². The number of ether oxygens (including phenoxy) is 1. The van der Waals surface area contributed by atoms with E-state index < -0.39 is 11.9 Å². The topological polar surface area (TPSA) is 65.9 Å². The molecule has 12 heteroatoms. The minimum Gasteiger partial charge on any atom is -0.490 e. The predicted octanol–water partition coefficient (Wildman–Crippen LogP) is 3.31. The van der Waals surface area contributed by atoms with Gasteiger partial charge in [0.15, 0.2) is 5.69 Å². The number of hydrogen-bond donors (Lipinski definition) is 1. The zero-order chi connectivity index (χ0) is 25.8. The number of fused-ring (bicyclic) bond motifs is 1. The standard InChI is InChI=1S/C23H32ClF3N6O2/c1-5-32-11-12-35-20-16(14-32)7-6-8-18(20)28-13-19(34)33(10-9-30(2)3)15-17-21(23(25,26)27)29-31(4)22(17)24/h6-8,28H,5,9-15H2,1-4H3. The van der Waals surface area contributed by atoms with Gasteiger partial charge in [0.25, 0.3) is 0 Å². The summed E-state index contributed by atoms with van der Waals surface area (Å²) in [7, 11) is 5.00. The molecule has 0 atom stereocenters. The van der Waals surface area contributed by atoms with Gasteiger partial charge in [0.2, 0.25) is 5.91 Å². The Morgan fingerprint density at radius 2 is 2.03 bits per heavy atom. The molecule has 35 heavy (non-hydrogen) atoms. The molecule has 1 aliphatic rings. The Kier molecular flexibility index (Phi) is 8.89. The lowest BCUT2D eigenvalue weighted by molar-refractivity contribution is -0.143. The molecule has 0 saturated heterocycles. The average Bonchev–Trinajstić information content (AvgIpc) is 2.97. The molecular weight excluding hydrogens is 485 g/mol. The average molecular weight is 517 g/mol. The number of anilines is 1. The van der Waals surface area contributed by atoms with Gasteiger partial charge in [-0.3, -0.25) is 14.4 Å². The van der Waals surface area contributed by atoms with Gasteiger partial charge in [-0.25, -0.2) is 0 Å². The number of aromatic nitrogens is 2. The minimum absolute atomic E-state index is 0.107. The Hall–Kier alpha value is -2.50. The van der Waals surface area contributed by atoms with Crippen molar-refractivity contribution in [2.45, 2.75) is 26.2 Å². The van der Waals surface area contributed by atoms with Gasteiger partial charge in [-0.05, 0) is 26.7 Å². The number of hydrogen-bond acceptors (Lipinski definition) is 6. The van der Waals surface area contributed by atoms with Crippen LogP contribution in [-0.2, 0) is 31.1 Å². The lowest BCUT2D eigenvalue weighted by atomic mass is 10.1. The number of para-hydroxylation sites is 1. The number of nitrogens with zero attached hydrogens (tertiary/aromatic N) is 5. The molecule has 0 bridgehead atoms. The summed E-state index contributed by atoms with van der Waals surface area (Å²) in [4.78, 5) is 18.7. The molecule has 3 rings (SSSR count). The van der Waals surface area contributed by atoms with E-state index in [1.165, 1.54) is 11.9 Å². The maximum absolute atomic E-state index is 13.5. The molecule has 0 spiro atoms. The molecule has 1 N–H and O–H groups in total. The van der Waals surface area contributed by atoms with Crippen molar-refractivity contribution in [1.29, 1.82) is 0 Å². The number of amides is 1. The summed E-state index contributed by atoms with van der Waals surface area (Å²) in [5.74, 6) is 0.340. The molecule has 8 nitrogen and oxygen atoms in total. The summed E-state index contributed by atoms with van der Waals surface area (Å²) in [6.07, 6.45) is -4.68. The Morgan fingerprint density at radius 1 is 1.29 bits per heavy atom. The zero-order valence-corrected chi connectivity index (χ0v) is 21.2. The van der Waals surface area contributed by atoms with E-state index in [0.717, 1.165) is 29.9 Å². The Balaban J connectivity index is 1.79. The van der Waals surface area contributed by atoms with Crippen LogP contribution in [0.2, 0.25) is 5.15 Å². The number of rotatable bonds is 9. The van der Waals surface area contributed by atoms with Crippen molar-refractivity contribution < 1.29 is 22.7 Å². The van der Waals surface area contributed by atoms with Crippen molar-refractivity contribution in [2.75, 3.05) is 58.7 Å². The number of aryl methyl sites for hydroxylation is 1. The lowest BCUT2D eigenvalue weighted by Crippen LogP contribution is -2.39. The Bertz CT molecular complexity index is 1030. The maximum atomic E-state index is 13.5. The summed E-state index contributed by atoms with van der Waals surface area (Å²) < 4.78 is 47.6. The fourth-order valence-corrected chi connectivity index (χ4v) is 4.07. The van der Waals surface area contributed by atoms with Crippen LogP contribution in [0.1, 0.15) is 23.7 Å². The van der Waals surface area contributed by atoms with E-state index in [0.29, 0.717) is 24.6 Å². The summed E-state index contributed by atoms with van der Waals surface area (Å²) in [6.45, 7) is 5.35. The van der Waals surface area contributed by atoms with E-state index in [9.17, 15) is 18.0 Å². The molecule has 0 unspecified atom stereocenters. The number of likely N-dealkylation sites (N-methyl/N-ethyl adjacent to an activating group) is 2. The van der Waals surface area contributed by atoms with Gasteiger partial charge in [-0.15, -0.1) is 0 Å². The van der Waals surface area contributed by atoms with Gasteiger partial charge in [0.05, 0.1) is 18.8 Å². The first-order valence-electron chi connectivity index (χ1n) is 11.4. The quantitative estimate of drug-likeness (QED) is 0.552. The molecule has 1 aromatic carbocycles.